The number of benzene rings is 2. The van der Waals surface area contributed by atoms with Gasteiger partial charge in [-0.2, -0.15) is 0 Å². The first-order valence-electron chi connectivity index (χ1n) is 10.8. The molecule has 0 saturated heterocycles. The van der Waals surface area contributed by atoms with Gasteiger partial charge in [0.2, 0.25) is 0 Å². The lowest BCUT2D eigenvalue weighted by molar-refractivity contribution is 0.744. The van der Waals surface area contributed by atoms with Gasteiger partial charge in [-0.05, 0) is 60.4 Å². The summed E-state index contributed by atoms with van der Waals surface area (Å²) >= 11 is 0. The molecule has 0 amide bonds. The molecule has 0 saturated carbocycles. The summed E-state index contributed by atoms with van der Waals surface area (Å²) in [5, 5.41) is 0. The van der Waals surface area contributed by atoms with E-state index >= 15 is 0 Å². The van der Waals surface area contributed by atoms with Crippen LogP contribution in [0.3, 0.4) is 0 Å². The van der Waals surface area contributed by atoms with E-state index < -0.39 is 0 Å². The molecule has 0 N–H and O–H groups in total. The Bertz CT molecular complexity index is 875. The molecular formula is C27H29P. The molecule has 2 aromatic carbocycles. The number of hydrogen-bond donors (Lipinski definition) is 0. The van der Waals surface area contributed by atoms with Crippen molar-refractivity contribution < 1.29 is 0 Å². The SMILES string of the molecule is C1=C[C@@H](P([C@@H]2C=CCC2c2ccccc2)[C@H]2CCC=C2c2ccccc2)CC1. The van der Waals surface area contributed by atoms with Gasteiger partial charge in [-0.15, -0.1) is 0 Å². The average Bonchev–Trinajstić information content (AvgIpc) is 3.53. The predicted molar refractivity (Wildman–Crippen MR) is 123 cm³/mol. The van der Waals surface area contributed by atoms with Crippen LogP contribution in [-0.4, -0.2) is 17.0 Å². The van der Waals surface area contributed by atoms with Gasteiger partial charge in [0.25, 0.3) is 0 Å². The molecule has 0 aliphatic heterocycles. The minimum atomic E-state index is -0.132. The fourth-order valence-corrected chi connectivity index (χ4v) is 9.58. The second-order valence-electron chi connectivity index (χ2n) is 8.31. The Kier molecular flexibility index (Phi) is 5.32. The first kappa shape index (κ1) is 18.1. The molecule has 2 aromatic rings. The molecule has 0 radical (unpaired) electrons. The van der Waals surface area contributed by atoms with Crippen molar-refractivity contribution in [1.29, 1.82) is 0 Å². The van der Waals surface area contributed by atoms with Crippen LogP contribution in [0, 0.1) is 0 Å². The van der Waals surface area contributed by atoms with Gasteiger partial charge in [0.1, 0.15) is 0 Å². The van der Waals surface area contributed by atoms with Gasteiger partial charge in [0.15, 0.2) is 0 Å². The molecule has 3 aliphatic rings. The van der Waals surface area contributed by atoms with Gasteiger partial charge >= 0.3 is 0 Å². The highest BCUT2D eigenvalue weighted by Gasteiger charge is 2.41. The van der Waals surface area contributed by atoms with Crippen LogP contribution in [0.5, 0.6) is 0 Å². The predicted octanol–water partition coefficient (Wildman–Crippen LogP) is 7.55. The molecule has 0 bridgehead atoms. The van der Waals surface area contributed by atoms with Crippen molar-refractivity contribution in [3.63, 3.8) is 0 Å². The van der Waals surface area contributed by atoms with E-state index in [4.69, 9.17) is 0 Å². The lowest BCUT2D eigenvalue weighted by atomic mass is 9.97. The Hall–Kier alpha value is -1.91. The third-order valence-corrected chi connectivity index (χ3v) is 10.4. The van der Waals surface area contributed by atoms with E-state index in [0.29, 0.717) is 11.6 Å². The number of allylic oxidation sites excluding steroid dienone is 6. The quantitative estimate of drug-likeness (QED) is 0.369. The lowest BCUT2D eigenvalue weighted by Crippen LogP contribution is -2.23. The van der Waals surface area contributed by atoms with Crippen LogP contribution in [-0.2, 0) is 0 Å². The fraction of sp³-hybridized carbons (Fsp3) is 0.333. The molecule has 0 nitrogen and oxygen atoms in total. The first-order valence-corrected chi connectivity index (χ1v) is 12.4. The maximum absolute atomic E-state index is 2.59. The monoisotopic (exact) mass is 384 g/mol. The van der Waals surface area contributed by atoms with E-state index in [9.17, 15) is 0 Å². The summed E-state index contributed by atoms with van der Waals surface area (Å²) in [4.78, 5) is 0. The van der Waals surface area contributed by atoms with Gasteiger partial charge in [-0.25, -0.2) is 0 Å². The standard InChI is InChI=1S/C27H29P/c1-3-11-21(12-4-1)24-17-9-19-26(24)28(23-15-7-8-16-23)27-20-10-18-25(27)22-13-5-2-6-14-22/h1-7,9,11-15,18-19,23-24,26-27H,8,10,16-17,20H2/t23-,24?,26-,27+,28?/m1/s1. The highest BCUT2D eigenvalue weighted by atomic mass is 31.1. The minimum Gasteiger partial charge on any atom is -0.0879 e. The number of hydrogen-bond acceptors (Lipinski definition) is 0. The first-order chi connectivity index (χ1) is 13.9. The Morgan fingerprint density at radius 1 is 0.750 bits per heavy atom. The molecule has 0 aromatic heterocycles. The van der Waals surface area contributed by atoms with E-state index in [1.165, 1.54) is 43.2 Å². The summed E-state index contributed by atoms with van der Waals surface area (Å²) in [7, 11) is -0.132. The van der Waals surface area contributed by atoms with Gasteiger partial charge < -0.3 is 0 Å². The van der Waals surface area contributed by atoms with Crippen molar-refractivity contribution in [1.82, 2.24) is 0 Å². The van der Waals surface area contributed by atoms with Crippen molar-refractivity contribution in [3.05, 3.63) is 102 Å². The maximum atomic E-state index is 2.59. The van der Waals surface area contributed by atoms with Crippen LogP contribution in [0.15, 0.2) is 91.0 Å². The zero-order valence-electron chi connectivity index (χ0n) is 16.5. The second-order valence-corrected chi connectivity index (χ2v) is 11.1. The Morgan fingerprint density at radius 2 is 1.54 bits per heavy atom. The Labute approximate surface area is 170 Å². The van der Waals surface area contributed by atoms with Gasteiger partial charge in [0.05, 0.1) is 0 Å². The van der Waals surface area contributed by atoms with Crippen LogP contribution in [0.25, 0.3) is 5.57 Å². The zero-order chi connectivity index (χ0) is 18.8. The van der Waals surface area contributed by atoms with Crippen LogP contribution in [0.2, 0.25) is 0 Å². The fourth-order valence-electron chi connectivity index (χ4n) is 5.44. The minimum absolute atomic E-state index is 0.132. The van der Waals surface area contributed by atoms with Crippen molar-refractivity contribution >= 4 is 13.5 Å². The molecule has 3 aliphatic carbocycles. The Morgan fingerprint density at radius 3 is 2.29 bits per heavy atom. The number of rotatable bonds is 5. The molecule has 5 atom stereocenters. The van der Waals surface area contributed by atoms with Crippen molar-refractivity contribution in [2.75, 3.05) is 0 Å². The Balaban J connectivity index is 1.51. The summed E-state index contributed by atoms with van der Waals surface area (Å²) in [6, 6.07) is 22.5. The van der Waals surface area contributed by atoms with Crippen molar-refractivity contribution in [2.45, 2.75) is 55.0 Å². The summed E-state index contributed by atoms with van der Waals surface area (Å²) in [6.45, 7) is 0. The molecule has 0 spiro atoms. The maximum Gasteiger partial charge on any atom is 0.00582 e. The van der Waals surface area contributed by atoms with Gasteiger partial charge in [0, 0.05) is 11.3 Å². The molecule has 1 heteroatoms. The van der Waals surface area contributed by atoms with Crippen molar-refractivity contribution in [2.24, 2.45) is 0 Å². The highest BCUT2D eigenvalue weighted by Crippen LogP contribution is 2.65. The molecule has 0 fully saturated rings. The summed E-state index contributed by atoms with van der Waals surface area (Å²) in [6.07, 6.45) is 19.0. The third kappa shape index (κ3) is 3.44. The summed E-state index contributed by atoms with van der Waals surface area (Å²) in [5.74, 6) is 0.666. The van der Waals surface area contributed by atoms with E-state index in [-0.39, 0.29) is 7.92 Å². The second kappa shape index (κ2) is 8.22. The topological polar surface area (TPSA) is 0 Å². The van der Waals surface area contributed by atoms with Crippen molar-refractivity contribution in [3.8, 4) is 0 Å². The summed E-state index contributed by atoms with van der Waals surface area (Å²) in [5.41, 5.74) is 6.86. The average molecular weight is 385 g/mol. The summed E-state index contributed by atoms with van der Waals surface area (Å²) < 4.78 is 0. The smallest absolute Gasteiger partial charge is 0.00582 e. The zero-order valence-corrected chi connectivity index (χ0v) is 17.3. The van der Waals surface area contributed by atoms with E-state index in [0.717, 1.165) is 11.3 Å². The van der Waals surface area contributed by atoms with E-state index in [1.54, 1.807) is 5.57 Å². The van der Waals surface area contributed by atoms with Crippen LogP contribution in [0.1, 0.15) is 49.1 Å². The van der Waals surface area contributed by atoms with E-state index in [1.807, 2.05) is 0 Å². The van der Waals surface area contributed by atoms with Gasteiger partial charge in [-0.1, -0.05) is 99.0 Å². The third-order valence-electron chi connectivity index (χ3n) is 6.71. The normalized spacial score (nSPS) is 29.9. The molecule has 0 heterocycles. The van der Waals surface area contributed by atoms with E-state index in [2.05, 4.69) is 91.0 Å². The largest absolute Gasteiger partial charge is 0.0879 e. The van der Waals surface area contributed by atoms with Crippen LogP contribution in [0.4, 0.5) is 0 Å². The highest BCUT2D eigenvalue weighted by molar-refractivity contribution is 7.61. The van der Waals surface area contributed by atoms with Crippen LogP contribution >= 0.6 is 7.92 Å². The molecular weight excluding hydrogens is 355 g/mol. The lowest BCUT2D eigenvalue weighted by Gasteiger charge is -2.38. The van der Waals surface area contributed by atoms with Crippen LogP contribution < -0.4 is 0 Å². The molecule has 142 valence electrons. The molecule has 5 rings (SSSR count). The van der Waals surface area contributed by atoms with Gasteiger partial charge in [-0.3, -0.25) is 0 Å². The molecule has 28 heavy (non-hydrogen) atoms. The molecule has 2 unspecified atom stereocenters.